The van der Waals surface area contributed by atoms with Crippen molar-refractivity contribution in [1.29, 1.82) is 0 Å². The van der Waals surface area contributed by atoms with Crippen molar-refractivity contribution < 1.29 is 4.74 Å². The third-order valence-electron chi connectivity index (χ3n) is 2.41. The van der Waals surface area contributed by atoms with Crippen LogP contribution in [0, 0.1) is 0 Å². The van der Waals surface area contributed by atoms with Gasteiger partial charge in [-0.2, -0.15) is 0 Å². The van der Waals surface area contributed by atoms with Crippen LogP contribution in [-0.4, -0.2) is 19.8 Å². The molecule has 0 aliphatic rings. The normalized spacial score (nSPS) is 12.9. The summed E-state index contributed by atoms with van der Waals surface area (Å²) in [7, 11) is 0. The predicted octanol–water partition coefficient (Wildman–Crippen LogP) is 4.52. The van der Waals surface area contributed by atoms with E-state index < -0.39 is 0 Å². The highest BCUT2D eigenvalue weighted by molar-refractivity contribution is 7.20. The fourth-order valence-corrected chi connectivity index (χ4v) is 3.14. The summed E-state index contributed by atoms with van der Waals surface area (Å²) in [5.74, 6) is 0. The van der Waals surface area contributed by atoms with Crippen molar-refractivity contribution in [1.82, 2.24) is 5.32 Å². The summed E-state index contributed by atoms with van der Waals surface area (Å²) in [6, 6.07) is 2.16. The van der Waals surface area contributed by atoms with E-state index in [1.807, 2.05) is 6.07 Å². The lowest BCUT2D eigenvalue weighted by Crippen LogP contribution is -2.20. The fourth-order valence-electron chi connectivity index (χ4n) is 1.50. The molecule has 0 amide bonds. The lowest BCUT2D eigenvalue weighted by Gasteiger charge is -2.13. The molecule has 17 heavy (non-hydrogen) atoms. The Hall–Kier alpha value is 0.200. The molecular weight excluding hydrogens is 277 g/mol. The number of halogens is 2. The van der Waals surface area contributed by atoms with Crippen molar-refractivity contribution in [2.45, 2.75) is 32.7 Å². The van der Waals surface area contributed by atoms with E-state index >= 15 is 0 Å². The highest BCUT2D eigenvalue weighted by Crippen LogP contribution is 2.34. The molecule has 1 unspecified atom stereocenters. The zero-order chi connectivity index (χ0) is 12.7. The van der Waals surface area contributed by atoms with Gasteiger partial charge in [-0.3, -0.25) is 0 Å². The first kappa shape index (κ1) is 15.3. The summed E-state index contributed by atoms with van der Waals surface area (Å²) < 4.78 is 6.93. The first-order valence-corrected chi connectivity index (χ1v) is 7.48. The van der Waals surface area contributed by atoms with E-state index in [0.29, 0.717) is 0 Å². The minimum Gasteiger partial charge on any atom is -0.381 e. The average molecular weight is 296 g/mol. The van der Waals surface area contributed by atoms with Gasteiger partial charge in [0, 0.05) is 19.3 Å². The summed E-state index contributed by atoms with van der Waals surface area (Å²) in [5, 5.41) is 3.41. The summed E-state index contributed by atoms with van der Waals surface area (Å²) in [4.78, 5) is 0. The molecule has 5 heteroatoms. The number of thiophene rings is 1. The van der Waals surface area contributed by atoms with Crippen LogP contribution in [-0.2, 0) is 4.74 Å². The Morgan fingerprint density at radius 3 is 2.76 bits per heavy atom. The van der Waals surface area contributed by atoms with Crippen molar-refractivity contribution in [3.63, 3.8) is 0 Å². The molecule has 0 bridgehead atoms. The third kappa shape index (κ3) is 5.58. The zero-order valence-electron chi connectivity index (χ0n) is 10.3. The van der Waals surface area contributed by atoms with Crippen LogP contribution >= 0.6 is 34.5 Å². The van der Waals surface area contributed by atoms with Crippen LogP contribution in [0.2, 0.25) is 8.67 Å². The number of rotatable bonds is 8. The van der Waals surface area contributed by atoms with Crippen molar-refractivity contribution >= 4 is 34.5 Å². The summed E-state index contributed by atoms with van der Waals surface area (Å²) in [5.41, 5.74) is 1.08. The third-order valence-corrected chi connectivity index (χ3v) is 3.93. The highest BCUT2D eigenvalue weighted by Gasteiger charge is 2.12. The minimum absolute atomic E-state index is 0.234. The molecule has 0 aliphatic heterocycles. The number of ether oxygens (including phenoxy) is 1. The van der Waals surface area contributed by atoms with E-state index in [9.17, 15) is 0 Å². The minimum atomic E-state index is 0.234. The van der Waals surface area contributed by atoms with Gasteiger partial charge in [-0.15, -0.1) is 11.3 Å². The molecule has 0 aromatic carbocycles. The first-order chi connectivity index (χ1) is 8.15. The van der Waals surface area contributed by atoms with Crippen LogP contribution in [0.25, 0.3) is 0 Å². The Balaban J connectivity index is 2.21. The smallest absolute Gasteiger partial charge is 0.0991 e. The molecule has 1 atom stereocenters. The van der Waals surface area contributed by atoms with E-state index in [2.05, 4.69) is 19.2 Å². The van der Waals surface area contributed by atoms with Gasteiger partial charge >= 0.3 is 0 Å². The van der Waals surface area contributed by atoms with Crippen molar-refractivity contribution in [2.24, 2.45) is 0 Å². The zero-order valence-corrected chi connectivity index (χ0v) is 12.6. The number of hydrogen-bond donors (Lipinski definition) is 1. The maximum atomic E-state index is 6.09. The first-order valence-electron chi connectivity index (χ1n) is 5.91. The molecule has 2 nitrogen and oxygen atoms in total. The fraction of sp³-hybridized carbons (Fsp3) is 0.667. The van der Waals surface area contributed by atoms with Gasteiger partial charge < -0.3 is 10.1 Å². The highest BCUT2D eigenvalue weighted by atomic mass is 35.5. The molecule has 0 spiro atoms. The largest absolute Gasteiger partial charge is 0.381 e. The van der Waals surface area contributed by atoms with E-state index in [4.69, 9.17) is 27.9 Å². The molecule has 0 fully saturated rings. The van der Waals surface area contributed by atoms with Crippen LogP contribution < -0.4 is 5.32 Å². The monoisotopic (exact) mass is 295 g/mol. The van der Waals surface area contributed by atoms with Gasteiger partial charge in [0.05, 0.1) is 8.67 Å². The summed E-state index contributed by atoms with van der Waals surface area (Å²) in [6.07, 6.45) is 2.09. The molecule has 1 heterocycles. The topological polar surface area (TPSA) is 21.3 Å². The second-order valence-corrected chi connectivity index (χ2v) is 6.21. The van der Waals surface area contributed by atoms with Crippen molar-refractivity contribution in [3.05, 3.63) is 20.3 Å². The van der Waals surface area contributed by atoms with Crippen LogP contribution in [0.4, 0.5) is 0 Å². The van der Waals surface area contributed by atoms with Gasteiger partial charge in [0.25, 0.3) is 0 Å². The standard InChI is InChI=1S/C12H19Cl2NOS/c1-3-6-16-7-4-5-15-9(2)10-8-11(13)17-12(10)14/h8-9,15H,3-7H2,1-2H3. The molecule has 1 rings (SSSR count). The van der Waals surface area contributed by atoms with Gasteiger partial charge in [0.1, 0.15) is 0 Å². The van der Waals surface area contributed by atoms with Gasteiger partial charge in [-0.1, -0.05) is 30.1 Å². The average Bonchev–Trinajstić information content (AvgIpc) is 2.62. The second kappa shape index (κ2) is 8.33. The SMILES string of the molecule is CCCOCCCNC(C)c1cc(Cl)sc1Cl. The molecule has 98 valence electrons. The molecule has 0 saturated carbocycles. The van der Waals surface area contributed by atoms with Crippen LogP contribution in [0.5, 0.6) is 0 Å². The molecule has 0 saturated heterocycles. The van der Waals surface area contributed by atoms with E-state index in [1.54, 1.807) is 0 Å². The Labute approximate surface area is 117 Å². The molecule has 1 aromatic heterocycles. The molecule has 0 radical (unpaired) electrons. The maximum Gasteiger partial charge on any atom is 0.0991 e. The van der Waals surface area contributed by atoms with Gasteiger partial charge in [-0.25, -0.2) is 0 Å². The van der Waals surface area contributed by atoms with Gasteiger partial charge in [0.15, 0.2) is 0 Å². The molecular formula is C12H19Cl2NOS. The Morgan fingerprint density at radius 2 is 2.18 bits per heavy atom. The summed E-state index contributed by atoms with van der Waals surface area (Å²) >= 11 is 13.4. The number of nitrogens with one attached hydrogen (secondary N) is 1. The lowest BCUT2D eigenvalue weighted by molar-refractivity contribution is 0.132. The Bertz CT molecular complexity index is 330. The van der Waals surface area contributed by atoms with Crippen LogP contribution in [0.3, 0.4) is 0 Å². The van der Waals surface area contributed by atoms with Crippen molar-refractivity contribution in [3.8, 4) is 0 Å². The van der Waals surface area contributed by atoms with E-state index in [1.165, 1.54) is 11.3 Å². The van der Waals surface area contributed by atoms with E-state index in [-0.39, 0.29) is 6.04 Å². The maximum absolute atomic E-state index is 6.09. The Kier molecular flexibility index (Phi) is 7.47. The molecule has 1 aromatic rings. The lowest BCUT2D eigenvalue weighted by atomic mass is 10.2. The quantitative estimate of drug-likeness (QED) is 0.712. The van der Waals surface area contributed by atoms with Gasteiger partial charge in [0.2, 0.25) is 0 Å². The molecule has 1 N–H and O–H groups in total. The molecule has 0 aliphatic carbocycles. The predicted molar refractivity (Wildman–Crippen MR) is 76.5 cm³/mol. The summed E-state index contributed by atoms with van der Waals surface area (Å²) in [6.45, 7) is 6.79. The number of hydrogen-bond acceptors (Lipinski definition) is 3. The van der Waals surface area contributed by atoms with E-state index in [0.717, 1.165) is 46.8 Å². The Morgan fingerprint density at radius 1 is 1.41 bits per heavy atom. The second-order valence-electron chi connectivity index (χ2n) is 3.92. The van der Waals surface area contributed by atoms with Crippen LogP contribution in [0.15, 0.2) is 6.07 Å². The van der Waals surface area contributed by atoms with Crippen molar-refractivity contribution in [2.75, 3.05) is 19.8 Å². The van der Waals surface area contributed by atoms with Gasteiger partial charge in [-0.05, 0) is 37.9 Å². The van der Waals surface area contributed by atoms with Crippen LogP contribution in [0.1, 0.15) is 38.3 Å².